The van der Waals surface area contributed by atoms with Gasteiger partial charge in [-0.15, -0.1) is 0 Å². The van der Waals surface area contributed by atoms with Crippen molar-refractivity contribution in [3.8, 4) is 0 Å². The van der Waals surface area contributed by atoms with Crippen molar-refractivity contribution in [2.24, 2.45) is 0 Å². The number of hydrogen-bond acceptors (Lipinski definition) is 3. The van der Waals surface area contributed by atoms with E-state index in [1.807, 2.05) is 13.8 Å². The van der Waals surface area contributed by atoms with E-state index < -0.39 is 0 Å². The van der Waals surface area contributed by atoms with Crippen molar-refractivity contribution in [1.29, 1.82) is 0 Å². The van der Waals surface area contributed by atoms with Gasteiger partial charge in [-0.2, -0.15) is 0 Å². The summed E-state index contributed by atoms with van der Waals surface area (Å²) in [6.07, 6.45) is 3.31. The van der Waals surface area contributed by atoms with E-state index >= 15 is 0 Å². The van der Waals surface area contributed by atoms with Crippen molar-refractivity contribution >= 4 is 5.82 Å². The minimum absolute atomic E-state index is 0.104. The normalized spacial score (nSPS) is 10.9. The molecule has 84 valence electrons. The van der Waals surface area contributed by atoms with Crippen molar-refractivity contribution in [2.45, 2.75) is 46.1 Å². The highest BCUT2D eigenvalue weighted by Gasteiger charge is 2.21. The van der Waals surface area contributed by atoms with Gasteiger partial charge in [0.2, 0.25) is 0 Å². The molecule has 1 heterocycles. The Balaban J connectivity index is 3.03. The Kier molecular flexibility index (Phi) is 3.82. The van der Waals surface area contributed by atoms with Crippen LogP contribution in [0, 0.1) is 10.1 Å². The predicted octanol–water partition coefficient (Wildman–Crippen LogP) is 2.71. The molecule has 15 heavy (non-hydrogen) atoms. The molecule has 1 aromatic heterocycles. The summed E-state index contributed by atoms with van der Waals surface area (Å²) in [6.45, 7) is 6.74. The fourth-order valence-electron chi connectivity index (χ4n) is 1.53. The lowest BCUT2D eigenvalue weighted by Crippen LogP contribution is -2.08. The van der Waals surface area contributed by atoms with Gasteiger partial charge in [-0.3, -0.25) is 0 Å². The van der Waals surface area contributed by atoms with Crippen molar-refractivity contribution in [2.75, 3.05) is 0 Å². The zero-order valence-electron chi connectivity index (χ0n) is 9.43. The van der Waals surface area contributed by atoms with Gasteiger partial charge in [0.05, 0.1) is 6.54 Å². The summed E-state index contributed by atoms with van der Waals surface area (Å²) in [6, 6.07) is 0. The van der Waals surface area contributed by atoms with E-state index in [0.717, 1.165) is 18.7 Å². The molecule has 0 N–H and O–H groups in total. The first-order valence-electron chi connectivity index (χ1n) is 5.27. The van der Waals surface area contributed by atoms with Crippen molar-refractivity contribution in [1.82, 2.24) is 9.55 Å². The van der Waals surface area contributed by atoms with Gasteiger partial charge in [-0.25, -0.2) is 9.55 Å². The topological polar surface area (TPSA) is 61.0 Å². The molecule has 5 nitrogen and oxygen atoms in total. The molecular formula is C10H17N3O2. The van der Waals surface area contributed by atoms with E-state index in [1.165, 1.54) is 6.20 Å². The van der Waals surface area contributed by atoms with Crippen LogP contribution in [0.5, 0.6) is 0 Å². The quantitative estimate of drug-likeness (QED) is 0.555. The second kappa shape index (κ2) is 4.91. The number of nitro groups is 1. The molecule has 0 amide bonds. The fourth-order valence-corrected chi connectivity index (χ4v) is 1.53. The van der Waals surface area contributed by atoms with Crippen LogP contribution in [0.4, 0.5) is 5.82 Å². The first-order valence-corrected chi connectivity index (χ1v) is 5.27. The lowest BCUT2D eigenvalue weighted by atomic mass is 10.2. The zero-order valence-corrected chi connectivity index (χ0v) is 9.43. The Morgan fingerprint density at radius 1 is 1.60 bits per heavy atom. The second-order valence-corrected chi connectivity index (χ2v) is 3.89. The SMILES string of the molecule is CCCCn1c([N+](=O)[O-])cnc1C(C)C. The van der Waals surface area contributed by atoms with Gasteiger partial charge in [-0.1, -0.05) is 27.2 Å². The van der Waals surface area contributed by atoms with Crippen molar-refractivity contribution in [3.05, 3.63) is 22.1 Å². The molecule has 5 heteroatoms. The standard InChI is InChI=1S/C10H17N3O2/c1-4-5-6-12-9(13(14)15)7-11-10(12)8(2)3/h7-8H,4-6H2,1-3H3. The van der Waals surface area contributed by atoms with Crippen LogP contribution in [0.25, 0.3) is 0 Å². The van der Waals surface area contributed by atoms with E-state index in [4.69, 9.17) is 0 Å². The molecule has 0 aromatic carbocycles. The highest BCUT2D eigenvalue weighted by Crippen LogP contribution is 2.21. The van der Waals surface area contributed by atoms with Crippen LogP contribution in [0.15, 0.2) is 6.20 Å². The maximum Gasteiger partial charge on any atom is 0.342 e. The van der Waals surface area contributed by atoms with E-state index in [1.54, 1.807) is 4.57 Å². The van der Waals surface area contributed by atoms with Crippen LogP contribution in [-0.2, 0) is 6.54 Å². The van der Waals surface area contributed by atoms with E-state index in [9.17, 15) is 10.1 Å². The summed E-state index contributed by atoms with van der Waals surface area (Å²) in [5.74, 6) is 1.12. The van der Waals surface area contributed by atoms with Crippen LogP contribution in [0.3, 0.4) is 0 Å². The molecule has 0 spiro atoms. The smallest absolute Gasteiger partial charge is 0.342 e. The Morgan fingerprint density at radius 3 is 2.73 bits per heavy atom. The van der Waals surface area contributed by atoms with Gasteiger partial charge in [0, 0.05) is 5.92 Å². The average Bonchev–Trinajstić information content (AvgIpc) is 2.57. The summed E-state index contributed by atoms with van der Waals surface area (Å²) < 4.78 is 1.72. The number of aromatic nitrogens is 2. The van der Waals surface area contributed by atoms with E-state index in [-0.39, 0.29) is 16.7 Å². The summed E-state index contributed by atoms with van der Waals surface area (Å²) >= 11 is 0. The lowest BCUT2D eigenvalue weighted by Gasteiger charge is -2.05. The highest BCUT2D eigenvalue weighted by atomic mass is 16.6. The number of imidazole rings is 1. The van der Waals surface area contributed by atoms with Crippen LogP contribution in [-0.4, -0.2) is 14.5 Å². The van der Waals surface area contributed by atoms with Gasteiger partial charge >= 0.3 is 5.82 Å². The third-order valence-electron chi connectivity index (χ3n) is 2.30. The molecule has 0 saturated heterocycles. The Labute approximate surface area is 89.3 Å². The van der Waals surface area contributed by atoms with Gasteiger partial charge in [0.15, 0.2) is 5.82 Å². The summed E-state index contributed by atoms with van der Waals surface area (Å²) in [4.78, 5) is 14.5. The Morgan fingerprint density at radius 2 is 2.27 bits per heavy atom. The predicted molar refractivity (Wildman–Crippen MR) is 57.9 cm³/mol. The van der Waals surface area contributed by atoms with Crippen LogP contribution < -0.4 is 0 Å². The molecule has 1 aromatic rings. The van der Waals surface area contributed by atoms with Gasteiger partial charge in [0.1, 0.15) is 6.20 Å². The number of hydrogen-bond donors (Lipinski definition) is 0. The fraction of sp³-hybridized carbons (Fsp3) is 0.700. The molecule has 0 atom stereocenters. The third kappa shape index (κ3) is 2.55. The second-order valence-electron chi connectivity index (χ2n) is 3.89. The third-order valence-corrected chi connectivity index (χ3v) is 2.30. The molecule has 0 fully saturated rings. The van der Waals surface area contributed by atoms with Crippen LogP contribution >= 0.6 is 0 Å². The van der Waals surface area contributed by atoms with Crippen LogP contribution in [0.2, 0.25) is 0 Å². The molecular weight excluding hydrogens is 194 g/mol. The number of nitrogens with zero attached hydrogens (tertiary/aromatic N) is 3. The van der Waals surface area contributed by atoms with Gasteiger partial charge in [0.25, 0.3) is 0 Å². The molecule has 0 aliphatic rings. The largest absolute Gasteiger partial charge is 0.358 e. The maximum atomic E-state index is 10.8. The first kappa shape index (κ1) is 11.7. The summed E-state index contributed by atoms with van der Waals surface area (Å²) in [7, 11) is 0. The molecule has 0 saturated carbocycles. The maximum absolute atomic E-state index is 10.8. The van der Waals surface area contributed by atoms with Gasteiger partial charge in [-0.05, 0) is 11.3 Å². The molecule has 1 rings (SSSR count). The minimum atomic E-state index is -0.367. The Hall–Kier alpha value is -1.39. The molecule has 0 radical (unpaired) electrons. The molecule has 0 aliphatic heterocycles. The van der Waals surface area contributed by atoms with E-state index in [2.05, 4.69) is 11.9 Å². The van der Waals surface area contributed by atoms with Crippen molar-refractivity contribution in [3.63, 3.8) is 0 Å². The van der Waals surface area contributed by atoms with Gasteiger partial charge < -0.3 is 10.1 Å². The molecule has 0 unspecified atom stereocenters. The zero-order chi connectivity index (χ0) is 11.4. The van der Waals surface area contributed by atoms with Crippen LogP contribution in [0.1, 0.15) is 45.4 Å². The monoisotopic (exact) mass is 211 g/mol. The molecule has 0 aliphatic carbocycles. The molecule has 0 bridgehead atoms. The number of unbranched alkanes of at least 4 members (excludes halogenated alkanes) is 1. The minimum Gasteiger partial charge on any atom is -0.358 e. The lowest BCUT2D eigenvalue weighted by molar-refractivity contribution is -0.392. The van der Waals surface area contributed by atoms with Crippen molar-refractivity contribution < 1.29 is 4.92 Å². The average molecular weight is 211 g/mol. The summed E-state index contributed by atoms with van der Waals surface area (Å²) in [5, 5.41) is 10.8. The summed E-state index contributed by atoms with van der Waals surface area (Å²) in [5.41, 5.74) is 0. The highest BCUT2D eigenvalue weighted by molar-refractivity contribution is 5.20. The Bertz CT molecular complexity index is 344. The number of rotatable bonds is 5. The first-order chi connectivity index (χ1) is 7.07. The van der Waals surface area contributed by atoms with E-state index in [0.29, 0.717) is 6.54 Å².